The second-order valence-corrected chi connectivity index (χ2v) is 8.72. The Bertz CT molecular complexity index is 731. The summed E-state index contributed by atoms with van der Waals surface area (Å²) in [6.45, 7) is 1.79. The fraction of sp³-hybridized carbons (Fsp3) is 0.571. The zero-order valence-electron chi connectivity index (χ0n) is 13.3. The first-order valence-electron chi connectivity index (χ1n) is 7.54. The van der Waals surface area contributed by atoms with Crippen LogP contribution in [0.5, 0.6) is 0 Å². The van der Waals surface area contributed by atoms with E-state index in [-0.39, 0.29) is 5.92 Å². The van der Waals surface area contributed by atoms with E-state index < -0.39 is 10.2 Å². The van der Waals surface area contributed by atoms with Gasteiger partial charge in [-0.05, 0) is 12.8 Å². The van der Waals surface area contributed by atoms with Crippen molar-refractivity contribution in [3.05, 3.63) is 34.8 Å². The Labute approximate surface area is 140 Å². The molecule has 1 aliphatic heterocycles. The third-order valence-corrected chi connectivity index (χ3v) is 6.75. The van der Waals surface area contributed by atoms with Crippen LogP contribution in [0.15, 0.2) is 23.3 Å². The molecule has 0 radical (unpaired) electrons. The molecule has 1 aliphatic rings. The van der Waals surface area contributed by atoms with Crippen molar-refractivity contribution >= 4 is 21.5 Å². The molecule has 2 aromatic heterocycles. The Morgan fingerprint density at radius 2 is 2.04 bits per heavy atom. The van der Waals surface area contributed by atoms with Gasteiger partial charge in [0.1, 0.15) is 5.82 Å². The number of aromatic nitrogens is 3. The third kappa shape index (κ3) is 3.47. The monoisotopic (exact) mass is 355 g/mol. The lowest BCUT2D eigenvalue weighted by Gasteiger charge is -2.32. The zero-order chi connectivity index (χ0) is 16.4. The van der Waals surface area contributed by atoms with E-state index in [0.29, 0.717) is 13.1 Å². The van der Waals surface area contributed by atoms with Crippen LogP contribution in [0, 0.1) is 0 Å². The Balaban J connectivity index is 1.68. The summed E-state index contributed by atoms with van der Waals surface area (Å²) in [6.07, 6.45) is 5.37. The van der Waals surface area contributed by atoms with Crippen molar-refractivity contribution in [3.8, 4) is 0 Å². The van der Waals surface area contributed by atoms with Crippen LogP contribution in [0.25, 0.3) is 0 Å². The van der Waals surface area contributed by atoms with Crippen LogP contribution in [0.3, 0.4) is 0 Å². The van der Waals surface area contributed by atoms with Gasteiger partial charge in [-0.2, -0.15) is 17.0 Å². The number of rotatable bonds is 5. The van der Waals surface area contributed by atoms with Crippen LogP contribution >= 0.6 is 11.3 Å². The predicted molar refractivity (Wildman–Crippen MR) is 89.6 cm³/mol. The molecule has 7 nitrogen and oxygen atoms in total. The van der Waals surface area contributed by atoms with Gasteiger partial charge in [-0.1, -0.05) is 0 Å². The van der Waals surface area contributed by atoms with Crippen molar-refractivity contribution in [1.29, 1.82) is 0 Å². The van der Waals surface area contributed by atoms with Gasteiger partial charge in [0.05, 0.1) is 17.7 Å². The standard InChI is InChI=1S/C14H21N5O2S2/c1-17(2)23(20,21)19-6-3-12(4-7-19)14-15-5-8-18(14)9-13-10-22-11-16-13/h5,8,10-12H,3-4,6-7,9H2,1-2H3. The molecule has 1 fully saturated rings. The molecular weight excluding hydrogens is 334 g/mol. The van der Waals surface area contributed by atoms with E-state index in [1.54, 1.807) is 29.7 Å². The lowest BCUT2D eigenvalue weighted by atomic mass is 9.97. The van der Waals surface area contributed by atoms with Gasteiger partial charge >= 0.3 is 0 Å². The molecule has 0 aromatic carbocycles. The fourth-order valence-corrected chi connectivity index (χ4v) is 4.56. The van der Waals surface area contributed by atoms with Gasteiger partial charge in [0, 0.05) is 50.9 Å². The minimum absolute atomic E-state index is 0.289. The van der Waals surface area contributed by atoms with Gasteiger partial charge in [-0.3, -0.25) is 0 Å². The van der Waals surface area contributed by atoms with Crippen molar-refractivity contribution in [1.82, 2.24) is 23.1 Å². The summed E-state index contributed by atoms with van der Waals surface area (Å²) >= 11 is 1.59. The van der Waals surface area contributed by atoms with Crippen molar-refractivity contribution in [2.75, 3.05) is 27.2 Å². The van der Waals surface area contributed by atoms with E-state index in [1.807, 2.05) is 23.3 Å². The summed E-state index contributed by atoms with van der Waals surface area (Å²) in [7, 11) is -0.170. The molecule has 126 valence electrons. The van der Waals surface area contributed by atoms with E-state index in [9.17, 15) is 8.42 Å². The predicted octanol–water partition coefficient (Wildman–Crippen LogP) is 1.37. The van der Waals surface area contributed by atoms with Crippen molar-refractivity contribution in [2.24, 2.45) is 0 Å². The SMILES string of the molecule is CN(C)S(=O)(=O)N1CCC(c2nccn2Cc2cscn2)CC1. The molecule has 0 saturated carbocycles. The van der Waals surface area contributed by atoms with Gasteiger partial charge < -0.3 is 4.57 Å². The second-order valence-electron chi connectivity index (χ2n) is 5.86. The van der Waals surface area contributed by atoms with Crippen LogP contribution in [-0.2, 0) is 16.8 Å². The zero-order valence-corrected chi connectivity index (χ0v) is 14.9. The Hall–Kier alpha value is -1.29. The Morgan fingerprint density at radius 3 is 2.65 bits per heavy atom. The Morgan fingerprint density at radius 1 is 1.30 bits per heavy atom. The van der Waals surface area contributed by atoms with Crippen molar-refractivity contribution in [2.45, 2.75) is 25.3 Å². The van der Waals surface area contributed by atoms with Crippen LogP contribution in [0.1, 0.15) is 30.3 Å². The summed E-state index contributed by atoms with van der Waals surface area (Å²) in [5.41, 5.74) is 2.86. The molecule has 9 heteroatoms. The maximum absolute atomic E-state index is 12.2. The van der Waals surface area contributed by atoms with Gasteiger partial charge in [0.2, 0.25) is 0 Å². The van der Waals surface area contributed by atoms with Crippen molar-refractivity contribution < 1.29 is 8.42 Å². The first-order chi connectivity index (χ1) is 11.0. The summed E-state index contributed by atoms with van der Waals surface area (Å²) in [6, 6.07) is 0. The van der Waals surface area contributed by atoms with Gasteiger partial charge in [0.15, 0.2) is 0 Å². The van der Waals surface area contributed by atoms with Gasteiger partial charge in [-0.25, -0.2) is 9.97 Å². The number of hydrogen-bond acceptors (Lipinski definition) is 5. The first-order valence-corrected chi connectivity index (χ1v) is 9.88. The van der Waals surface area contributed by atoms with Gasteiger partial charge in [0.25, 0.3) is 10.2 Å². The number of nitrogens with zero attached hydrogens (tertiary/aromatic N) is 5. The second kappa shape index (κ2) is 6.68. The topological polar surface area (TPSA) is 71.3 Å². The minimum Gasteiger partial charge on any atom is -0.329 e. The van der Waals surface area contributed by atoms with Crippen LogP contribution in [0.2, 0.25) is 0 Å². The van der Waals surface area contributed by atoms with Crippen LogP contribution in [0.4, 0.5) is 0 Å². The smallest absolute Gasteiger partial charge is 0.281 e. The van der Waals surface area contributed by atoms with Crippen LogP contribution in [-0.4, -0.2) is 58.7 Å². The molecule has 0 atom stereocenters. The average molecular weight is 355 g/mol. The highest BCUT2D eigenvalue weighted by atomic mass is 32.2. The molecule has 3 rings (SSSR count). The molecule has 0 aliphatic carbocycles. The minimum atomic E-state index is -3.31. The van der Waals surface area contributed by atoms with E-state index >= 15 is 0 Å². The summed E-state index contributed by atoms with van der Waals surface area (Å²) in [5.74, 6) is 1.32. The normalized spacial score (nSPS) is 17.9. The maximum Gasteiger partial charge on any atom is 0.281 e. The molecular formula is C14H21N5O2S2. The molecule has 0 bridgehead atoms. The van der Waals surface area contributed by atoms with Crippen LogP contribution < -0.4 is 0 Å². The number of piperidine rings is 1. The Kier molecular flexibility index (Phi) is 4.81. The highest BCUT2D eigenvalue weighted by molar-refractivity contribution is 7.86. The molecule has 0 unspecified atom stereocenters. The van der Waals surface area contributed by atoms with E-state index in [0.717, 1.165) is 30.9 Å². The summed E-state index contributed by atoms with van der Waals surface area (Å²) in [5, 5.41) is 2.04. The summed E-state index contributed by atoms with van der Waals surface area (Å²) < 4.78 is 29.3. The molecule has 23 heavy (non-hydrogen) atoms. The lowest BCUT2D eigenvalue weighted by molar-refractivity contribution is 0.294. The maximum atomic E-state index is 12.2. The fourth-order valence-electron chi connectivity index (χ4n) is 2.88. The third-order valence-electron chi connectivity index (χ3n) is 4.17. The molecule has 0 spiro atoms. The molecule has 3 heterocycles. The quantitative estimate of drug-likeness (QED) is 0.812. The number of imidazole rings is 1. The average Bonchev–Trinajstić information content (AvgIpc) is 3.19. The highest BCUT2D eigenvalue weighted by Crippen LogP contribution is 2.28. The molecule has 0 amide bonds. The molecule has 1 saturated heterocycles. The number of thiazole rings is 1. The highest BCUT2D eigenvalue weighted by Gasteiger charge is 2.31. The number of hydrogen-bond donors (Lipinski definition) is 0. The summed E-state index contributed by atoms with van der Waals surface area (Å²) in [4.78, 5) is 8.82. The first kappa shape index (κ1) is 16.6. The van der Waals surface area contributed by atoms with E-state index in [2.05, 4.69) is 14.5 Å². The largest absolute Gasteiger partial charge is 0.329 e. The van der Waals surface area contributed by atoms with Crippen molar-refractivity contribution in [3.63, 3.8) is 0 Å². The van der Waals surface area contributed by atoms with E-state index in [4.69, 9.17) is 0 Å². The van der Waals surface area contributed by atoms with E-state index in [1.165, 1.54) is 4.31 Å². The molecule has 2 aromatic rings. The molecule has 0 N–H and O–H groups in total. The lowest BCUT2D eigenvalue weighted by Crippen LogP contribution is -2.44. The van der Waals surface area contributed by atoms with Gasteiger partial charge in [-0.15, -0.1) is 11.3 Å².